The second kappa shape index (κ2) is 5.25. The van der Waals surface area contributed by atoms with E-state index in [4.69, 9.17) is 11.6 Å². The highest BCUT2D eigenvalue weighted by Crippen LogP contribution is 2.11. The van der Waals surface area contributed by atoms with E-state index in [0.717, 1.165) is 24.7 Å². The summed E-state index contributed by atoms with van der Waals surface area (Å²) in [7, 11) is 0. The number of hydrogen-bond acceptors (Lipinski definition) is 1. The highest BCUT2D eigenvalue weighted by Gasteiger charge is 1.99. The first-order chi connectivity index (χ1) is 6.26. The monoisotopic (exact) mass is 197 g/mol. The van der Waals surface area contributed by atoms with Gasteiger partial charge >= 0.3 is 0 Å². The molecule has 0 aliphatic heterocycles. The van der Waals surface area contributed by atoms with Gasteiger partial charge in [-0.1, -0.05) is 37.6 Å². The molecule has 0 heterocycles. The van der Waals surface area contributed by atoms with Gasteiger partial charge in [-0.2, -0.15) is 0 Å². The van der Waals surface area contributed by atoms with Crippen molar-refractivity contribution in [3.8, 4) is 0 Å². The summed E-state index contributed by atoms with van der Waals surface area (Å²) in [5, 5.41) is 0.809. The van der Waals surface area contributed by atoms with E-state index in [1.165, 1.54) is 5.56 Å². The van der Waals surface area contributed by atoms with Crippen molar-refractivity contribution in [1.82, 2.24) is 4.90 Å². The zero-order valence-electron chi connectivity index (χ0n) is 8.26. The molecule has 0 amide bonds. The molecule has 0 saturated heterocycles. The van der Waals surface area contributed by atoms with Crippen molar-refractivity contribution in [2.75, 3.05) is 13.1 Å². The number of benzene rings is 1. The van der Waals surface area contributed by atoms with Crippen LogP contribution in [0.4, 0.5) is 0 Å². The Labute approximate surface area is 85.3 Å². The summed E-state index contributed by atoms with van der Waals surface area (Å²) in [6.45, 7) is 7.57. The van der Waals surface area contributed by atoms with Crippen molar-refractivity contribution in [2.24, 2.45) is 0 Å². The third-order valence-corrected chi connectivity index (χ3v) is 2.47. The van der Waals surface area contributed by atoms with Crippen LogP contribution in [0.1, 0.15) is 19.4 Å². The Balaban J connectivity index is 2.58. The first-order valence-electron chi connectivity index (χ1n) is 4.73. The molecule has 0 atom stereocenters. The second-order valence-corrected chi connectivity index (χ2v) is 3.52. The molecule has 1 rings (SSSR count). The van der Waals surface area contributed by atoms with Crippen LogP contribution in [0.5, 0.6) is 0 Å². The standard InChI is InChI=1S/C11H16ClN/c1-3-13(4-2)9-10-5-7-11(12)8-6-10/h5-8H,3-4,9H2,1-2H3. The molecule has 1 aromatic rings. The second-order valence-electron chi connectivity index (χ2n) is 3.09. The van der Waals surface area contributed by atoms with Crippen molar-refractivity contribution in [1.29, 1.82) is 0 Å². The third kappa shape index (κ3) is 3.37. The summed E-state index contributed by atoms with van der Waals surface area (Å²) >= 11 is 5.80. The van der Waals surface area contributed by atoms with Gasteiger partial charge in [-0.05, 0) is 30.8 Å². The Morgan fingerprint density at radius 2 is 1.62 bits per heavy atom. The Kier molecular flexibility index (Phi) is 4.26. The van der Waals surface area contributed by atoms with Crippen molar-refractivity contribution >= 4 is 11.6 Å². The van der Waals surface area contributed by atoms with Crippen LogP contribution in [0, 0.1) is 0 Å². The van der Waals surface area contributed by atoms with Crippen LogP contribution in [-0.4, -0.2) is 18.0 Å². The van der Waals surface area contributed by atoms with Gasteiger partial charge in [-0.15, -0.1) is 0 Å². The molecule has 0 aromatic heterocycles. The maximum Gasteiger partial charge on any atom is 0.0406 e. The number of rotatable bonds is 4. The van der Waals surface area contributed by atoms with Gasteiger partial charge in [0, 0.05) is 11.6 Å². The molecule has 0 spiro atoms. The minimum Gasteiger partial charge on any atom is -0.300 e. The summed E-state index contributed by atoms with van der Waals surface area (Å²) in [5.74, 6) is 0. The van der Waals surface area contributed by atoms with Gasteiger partial charge < -0.3 is 0 Å². The van der Waals surface area contributed by atoms with E-state index in [1.807, 2.05) is 12.1 Å². The highest BCUT2D eigenvalue weighted by atomic mass is 35.5. The number of nitrogens with zero attached hydrogens (tertiary/aromatic N) is 1. The maximum absolute atomic E-state index is 5.80. The van der Waals surface area contributed by atoms with Crippen LogP contribution in [-0.2, 0) is 6.54 Å². The van der Waals surface area contributed by atoms with Crippen LogP contribution in [0.3, 0.4) is 0 Å². The molecule has 72 valence electrons. The number of halogens is 1. The molecular weight excluding hydrogens is 182 g/mol. The molecule has 2 heteroatoms. The highest BCUT2D eigenvalue weighted by molar-refractivity contribution is 6.30. The van der Waals surface area contributed by atoms with Crippen LogP contribution >= 0.6 is 11.6 Å². The minimum atomic E-state index is 0.809. The van der Waals surface area contributed by atoms with Gasteiger partial charge in [-0.3, -0.25) is 4.90 Å². The molecular formula is C11H16ClN. The van der Waals surface area contributed by atoms with E-state index in [1.54, 1.807) is 0 Å². The Morgan fingerprint density at radius 1 is 1.08 bits per heavy atom. The first-order valence-corrected chi connectivity index (χ1v) is 5.10. The molecule has 13 heavy (non-hydrogen) atoms. The summed E-state index contributed by atoms with van der Waals surface area (Å²) in [4.78, 5) is 2.38. The summed E-state index contributed by atoms with van der Waals surface area (Å²) in [6, 6.07) is 8.06. The van der Waals surface area contributed by atoms with E-state index in [9.17, 15) is 0 Å². The van der Waals surface area contributed by atoms with Gasteiger partial charge in [0.25, 0.3) is 0 Å². The van der Waals surface area contributed by atoms with E-state index < -0.39 is 0 Å². The van der Waals surface area contributed by atoms with Crippen LogP contribution in [0.25, 0.3) is 0 Å². The van der Waals surface area contributed by atoms with Crippen LogP contribution in [0.15, 0.2) is 24.3 Å². The van der Waals surface area contributed by atoms with Gasteiger partial charge in [-0.25, -0.2) is 0 Å². The normalized spacial score (nSPS) is 10.8. The molecule has 0 N–H and O–H groups in total. The lowest BCUT2D eigenvalue weighted by Gasteiger charge is -2.17. The fraction of sp³-hybridized carbons (Fsp3) is 0.455. The molecule has 1 nitrogen and oxygen atoms in total. The molecule has 0 saturated carbocycles. The molecule has 0 aliphatic carbocycles. The lowest BCUT2D eigenvalue weighted by atomic mass is 10.2. The van der Waals surface area contributed by atoms with Gasteiger partial charge in [0.1, 0.15) is 0 Å². The lowest BCUT2D eigenvalue weighted by Crippen LogP contribution is -2.21. The van der Waals surface area contributed by atoms with E-state index in [0.29, 0.717) is 0 Å². The zero-order chi connectivity index (χ0) is 9.68. The van der Waals surface area contributed by atoms with Crippen molar-refractivity contribution in [2.45, 2.75) is 20.4 Å². The Bertz CT molecular complexity index is 239. The van der Waals surface area contributed by atoms with Gasteiger partial charge in [0.05, 0.1) is 0 Å². The van der Waals surface area contributed by atoms with Crippen molar-refractivity contribution in [3.05, 3.63) is 34.9 Å². The molecule has 1 aromatic carbocycles. The average Bonchev–Trinajstić information content (AvgIpc) is 2.17. The fourth-order valence-electron chi connectivity index (χ4n) is 1.30. The van der Waals surface area contributed by atoms with Crippen molar-refractivity contribution in [3.63, 3.8) is 0 Å². The Morgan fingerprint density at radius 3 is 2.08 bits per heavy atom. The zero-order valence-corrected chi connectivity index (χ0v) is 9.01. The van der Waals surface area contributed by atoms with Gasteiger partial charge in [0.15, 0.2) is 0 Å². The fourth-order valence-corrected chi connectivity index (χ4v) is 1.42. The molecule has 0 unspecified atom stereocenters. The average molecular weight is 198 g/mol. The summed E-state index contributed by atoms with van der Waals surface area (Å²) in [5.41, 5.74) is 1.33. The van der Waals surface area contributed by atoms with Gasteiger partial charge in [0.2, 0.25) is 0 Å². The van der Waals surface area contributed by atoms with Crippen molar-refractivity contribution < 1.29 is 0 Å². The topological polar surface area (TPSA) is 3.24 Å². The van der Waals surface area contributed by atoms with Crippen LogP contribution in [0.2, 0.25) is 5.02 Å². The summed E-state index contributed by atoms with van der Waals surface area (Å²) < 4.78 is 0. The predicted octanol–water partition coefficient (Wildman–Crippen LogP) is 3.18. The SMILES string of the molecule is CCN(CC)Cc1ccc(Cl)cc1. The molecule has 0 bridgehead atoms. The molecule has 0 aliphatic rings. The molecule has 0 radical (unpaired) electrons. The lowest BCUT2D eigenvalue weighted by molar-refractivity contribution is 0.296. The predicted molar refractivity (Wildman–Crippen MR) is 58.1 cm³/mol. The smallest absolute Gasteiger partial charge is 0.0406 e. The summed E-state index contributed by atoms with van der Waals surface area (Å²) in [6.07, 6.45) is 0. The van der Waals surface area contributed by atoms with E-state index >= 15 is 0 Å². The Hall–Kier alpha value is -0.530. The minimum absolute atomic E-state index is 0.809. The van der Waals surface area contributed by atoms with E-state index in [-0.39, 0.29) is 0 Å². The van der Waals surface area contributed by atoms with Crippen LogP contribution < -0.4 is 0 Å². The first kappa shape index (κ1) is 10.6. The largest absolute Gasteiger partial charge is 0.300 e. The maximum atomic E-state index is 5.80. The third-order valence-electron chi connectivity index (χ3n) is 2.21. The van der Waals surface area contributed by atoms with E-state index in [2.05, 4.69) is 30.9 Å². The quantitative estimate of drug-likeness (QED) is 0.717. The molecule has 0 fully saturated rings. The number of hydrogen-bond donors (Lipinski definition) is 0.